The molecule has 0 atom stereocenters. The minimum atomic E-state index is -3.30. The molecule has 37 heavy (non-hydrogen) atoms. The van der Waals surface area contributed by atoms with Crippen molar-refractivity contribution in [3.05, 3.63) is 41.9 Å². The second kappa shape index (κ2) is 8.72. The van der Waals surface area contributed by atoms with E-state index in [0.717, 1.165) is 35.2 Å². The van der Waals surface area contributed by atoms with Gasteiger partial charge in [0.05, 0.1) is 11.2 Å². The fraction of sp³-hybridized carbons (Fsp3) is 0.519. The maximum absolute atomic E-state index is 12.5. The molecular weight excluding hydrogens is 492 g/mol. The summed E-state index contributed by atoms with van der Waals surface area (Å²) >= 11 is 0. The minimum absolute atomic E-state index is 0.207. The van der Waals surface area contributed by atoms with Crippen molar-refractivity contribution in [3.8, 4) is 0 Å². The van der Waals surface area contributed by atoms with E-state index in [1.807, 2.05) is 26.8 Å². The molecule has 0 aliphatic carbocycles. The molecule has 0 unspecified atom stereocenters. The molecule has 0 spiro atoms. The van der Waals surface area contributed by atoms with Crippen LogP contribution in [0.15, 0.2) is 40.1 Å². The first-order valence-corrected chi connectivity index (χ1v) is 14.5. The highest BCUT2D eigenvalue weighted by molar-refractivity contribution is 7.90. The zero-order chi connectivity index (χ0) is 26.8. The Hall–Kier alpha value is -3.14. The van der Waals surface area contributed by atoms with Gasteiger partial charge >= 0.3 is 6.09 Å². The van der Waals surface area contributed by atoms with Crippen LogP contribution in [-0.4, -0.2) is 59.9 Å². The molecule has 1 amide bonds. The van der Waals surface area contributed by atoms with Crippen molar-refractivity contribution >= 4 is 38.5 Å². The molecule has 198 valence electrons. The Labute approximate surface area is 217 Å². The van der Waals surface area contributed by atoms with Crippen LogP contribution in [0.2, 0.25) is 0 Å². The second-order valence-electron chi connectivity index (χ2n) is 11.7. The van der Waals surface area contributed by atoms with E-state index in [1.54, 1.807) is 29.6 Å². The standard InChI is InChI=1S/C27H34N4O5S/c1-26(2,3)36-25(32)30-11-9-17(10-12-30)20-15-35-23-22(20)28-16-29-24(23)31-21-8-7-19(37(6,33)34)13-18(21)14-27(31,4)5/h7-8,13,15-17H,9-12,14H2,1-6H3. The van der Waals surface area contributed by atoms with Crippen LogP contribution in [0.25, 0.3) is 11.1 Å². The molecule has 2 aromatic heterocycles. The zero-order valence-corrected chi connectivity index (χ0v) is 23.1. The van der Waals surface area contributed by atoms with Crippen LogP contribution >= 0.6 is 0 Å². The van der Waals surface area contributed by atoms with Crippen molar-refractivity contribution in [1.29, 1.82) is 0 Å². The van der Waals surface area contributed by atoms with E-state index in [0.29, 0.717) is 35.8 Å². The van der Waals surface area contributed by atoms with Gasteiger partial charge in [0.1, 0.15) is 17.4 Å². The smallest absolute Gasteiger partial charge is 0.410 e. The molecule has 5 rings (SSSR count). The molecule has 3 aromatic rings. The Kier molecular flexibility index (Phi) is 6.01. The lowest BCUT2D eigenvalue weighted by Crippen LogP contribution is -2.41. The number of hydrogen-bond donors (Lipinski definition) is 0. The quantitative estimate of drug-likeness (QED) is 0.458. The first kappa shape index (κ1) is 25.5. The van der Waals surface area contributed by atoms with Crippen LogP contribution in [0.3, 0.4) is 0 Å². The Morgan fingerprint density at radius 2 is 1.86 bits per heavy atom. The van der Waals surface area contributed by atoms with Crippen molar-refractivity contribution in [1.82, 2.24) is 14.9 Å². The monoisotopic (exact) mass is 526 g/mol. The number of aromatic nitrogens is 2. The van der Waals surface area contributed by atoms with Gasteiger partial charge in [-0.3, -0.25) is 0 Å². The van der Waals surface area contributed by atoms with Crippen LogP contribution < -0.4 is 4.90 Å². The molecule has 0 saturated carbocycles. The maximum Gasteiger partial charge on any atom is 0.410 e. The predicted octanol–water partition coefficient (Wildman–Crippen LogP) is 5.21. The number of amides is 1. The number of likely N-dealkylation sites (tertiary alicyclic amines) is 1. The number of carbonyl (C=O) groups excluding carboxylic acids is 1. The van der Waals surface area contributed by atoms with Gasteiger partial charge in [-0.1, -0.05) is 0 Å². The van der Waals surface area contributed by atoms with Gasteiger partial charge in [0, 0.05) is 36.1 Å². The highest BCUT2D eigenvalue weighted by atomic mass is 32.2. The van der Waals surface area contributed by atoms with E-state index in [2.05, 4.69) is 28.7 Å². The summed E-state index contributed by atoms with van der Waals surface area (Å²) in [4.78, 5) is 25.9. The maximum atomic E-state index is 12.5. The zero-order valence-electron chi connectivity index (χ0n) is 22.2. The molecule has 1 saturated heterocycles. The fourth-order valence-corrected chi connectivity index (χ4v) is 6.10. The third-order valence-electron chi connectivity index (χ3n) is 7.11. The Morgan fingerprint density at radius 3 is 2.51 bits per heavy atom. The van der Waals surface area contributed by atoms with Crippen molar-refractivity contribution in [2.24, 2.45) is 0 Å². The van der Waals surface area contributed by atoms with Gasteiger partial charge in [0.15, 0.2) is 21.2 Å². The Balaban J connectivity index is 1.44. The van der Waals surface area contributed by atoms with Crippen LogP contribution in [0.5, 0.6) is 0 Å². The highest BCUT2D eigenvalue weighted by Gasteiger charge is 2.40. The van der Waals surface area contributed by atoms with Gasteiger partial charge in [-0.25, -0.2) is 23.2 Å². The summed E-state index contributed by atoms with van der Waals surface area (Å²) in [7, 11) is -3.30. The number of anilines is 2. The minimum Gasteiger partial charge on any atom is -0.458 e. The number of sulfone groups is 1. The first-order chi connectivity index (χ1) is 17.2. The number of furan rings is 1. The SMILES string of the molecule is CC(C)(C)OC(=O)N1CCC(c2coc3c(N4c5ccc(S(C)(=O)=O)cc5CC4(C)C)ncnc23)CC1. The highest BCUT2D eigenvalue weighted by Crippen LogP contribution is 2.47. The van der Waals surface area contributed by atoms with Crippen molar-refractivity contribution in [2.45, 2.75) is 75.8 Å². The normalized spacial score (nSPS) is 18.3. The van der Waals surface area contributed by atoms with Crippen LogP contribution in [0.4, 0.5) is 16.3 Å². The largest absolute Gasteiger partial charge is 0.458 e. The third-order valence-corrected chi connectivity index (χ3v) is 8.22. The van der Waals surface area contributed by atoms with Gasteiger partial charge in [0.2, 0.25) is 0 Å². The molecule has 10 heteroatoms. The second-order valence-corrected chi connectivity index (χ2v) is 13.7. The molecule has 0 radical (unpaired) electrons. The first-order valence-electron chi connectivity index (χ1n) is 12.6. The van der Waals surface area contributed by atoms with E-state index < -0.39 is 15.4 Å². The van der Waals surface area contributed by atoms with Crippen LogP contribution in [0, 0.1) is 0 Å². The van der Waals surface area contributed by atoms with Crippen LogP contribution in [-0.2, 0) is 21.0 Å². The topological polar surface area (TPSA) is 106 Å². The molecule has 1 fully saturated rings. The lowest BCUT2D eigenvalue weighted by molar-refractivity contribution is 0.0205. The summed E-state index contributed by atoms with van der Waals surface area (Å²) in [6.45, 7) is 11.1. The summed E-state index contributed by atoms with van der Waals surface area (Å²) < 4.78 is 35.9. The molecule has 2 aliphatic rings. The van der Waals surface area contributed by atoms with Gasteiger partial charge in [-0.15, -0.1) is 0 Å². The van der Waals surface area contributed by atoms with Crippen molar-refractivity contribution in [3.63, 3.8) is 0 Å². The fourth-order valence-electron chi connectivity index (χ4n) is 5.43. The molecule has 9 nitrogen and oxygen atoms in total. The van der Waals surface area contributed by atoms with Gasteiger partial charge in [-0.2, -0.15) is 0 Å². The summed E-state index contributed by atoms with van der Waals surface area (Å²) in [5.74, 6) is 0.872. The lowest BCUT2D eigenvalue weighted by atomic mass is 9.90. The number of piperidine rings is 1. The molecule has 0 bridgehead atoms. The Morgan fingerprint density at radius 1 is 1.16 bits per heavy atom. The third kappa shape index (κ3) is 4.79. The van der Waals surface area contributed by atoms with Gasteiger partial charge < -0.3 is 19.0 Å². The average Bonchev–Trinajstić information content (AvgIpc) is 3.34. The Bertz CT molecular complexity index is 1460. The van der Waals surface area contributed by atoms with Gasteiger partial charge in [-0.05, 0) is 83.6 Å². The van der Waals surface area contributed by atoms with Crippen LogP contribution in [0.1, 0.15) is 64.5 Å². The molecular formula is C27H34N4O5S. The van der Waals surface area contributed by atoms with Crippen molar-refractivity contribution < 1.29 is 22.4 Å². The van der Waals surface area contributed by atoms with E-state index in [4.69, 9.17) is 9.15 Å². The predicted molar refractivity (Wildman–Crippen MR) is 141 cm³/mol. The number of ether oxygens (including phenoxy) is 1. The van der Waals surface area contributed by atoms with Gasteiger partial charge in [0.25, 0.3) is 0 Å². The molecule has 2 aliphatic heterocycles. The van der Waals surface area contributed by atoms with E-state index in [-0.39, 0.29) is 17.6 Å². The number of nitrogens with zero attached hydrogens (tertiary/aromatic N) is 4. The molecule has 0 N–H and O–H groups in total. The summed E-state index contributed by atoms with van der Waals surface area (Å²) in [5.41, 5.74) is 3.42. The van der Waals surface area contributed by atoms with E-state index in [1.165, 1.54) is 6.26 Å². The van der Waals surface area contributed by atoms with E-state index >= 15 is 0 Å². The molecule has 4 heterocycles. The lowest BCUT2D eigenvalue weighted by Gasteiger charge is -2.33. The van der Waals surface area contributed by atoms with E-state index in [9.17, 15) is 13.2 Å². The number of rotatable bonds is 3. The summed E-state index contributed by atoms with van der Waals surface area (Å²) in [6, 6.07) is 5.26. The summed E-state index contributed by atoms with van der Waals surface area (Å²) in [5, 5.41) is 0. The number of hydrogen-bond acceptors (Lipinski definition) is 8. The number of carbonyl (C=O) groups is 1. The summed E-state index contributed by atoms with van der Waals surface area (Å²) in [6.07, 6.45) is 6.54. The average molecular weight is 527 g/mol. The number of benzene rings is 1. The van der Waals surface area contributed by atoms with Crippen molar-refractivity contribution in [2.75, 3.05) is 24.2 Å². The number of fused-ring (bicyclic) bond motifs is 2. The molecule has 1 aromatic carbocycles.